The van der Waals surface area contributed by atoms with Crippen molar-refractivity contribution >= 4 is 0 Å². The lowest BCUT2D eigenvalue weighted by molar-refractivity contribution is 0.267. The predicted octanol–water partition coefficient (Wildman–Crippen LogP) is 0.996. The Bertz CT molecular complexity index is 286. The molecule has 13 heavy (non-hydrogen) atoms. The molecule has 0 aliphatic carbocycles. The van der Waals surface area contributed by atoms with Crippen LogP contribution < -0.4 is 10.5 Å². The van der Waals surface area contributed by atoms with Gasteiger partial charge >= 0.3 is 0 Å². The van der Waals surface area contributed by atoms with Crippen LogP contribution in [0.25, 0.3) is 0 Å². The SMILES string of the molecule is COc1cccc([C@@H](N)CO)c1C. The first-order valence-electron chi connectivity index (χ1n) is 4.20. The monoisotopic (exact) mass is 181 g/mol. The number of aliphatic hydroxyl groups excluding tert-OH is 1. The smallest absolute Gasteiger partial charge is 0.122 e. The molecular weight excluding hydrogens is 166 g/mol. The van der Waals surface area contributed by atoms with Crippen LogP contribution in [-0.2, 0) is 0 Å². The van der Waals surface area contributed by atoms with Crippen molar-refractivity contribution in [2.24, 2.45) is 5.73 Å². The van der Waals surface area contributed by atoms with Gasteiger partial charge in [0.25, 0.3) is 0 Å². The quantitative estimate of drug-likeness (QED) is 0.731. The van der Waals surface area contributed by atoms with E-state index < -0.39 is 0 Å². The van der Waals surface area contributed by atoms with Crippen LogP contribution in [0.5, 0.6) is 5.75 Å². The summed E-state index contributed by atoms with van der Waals surface area (Å²) in [6.45, 7) is 1.89. The zero-order valence-electron chi connectivity index (χ0n) is 7.95. The van der Waals surface area contributed by atoms with E-state index >= 15 is 0 Å². The molecule has 0 heterocycles. The molecule has 0 fully saturated rings. The summed E-state index contributed by atoms with van der Waals surface area (Å²) in [4.78, 5) is 0. The number of ether oxygens (including phenoxy) is 1. The van der Waals surface area contributed by atoms with Gasteiger partial charge in [0.2, 0.25) is 0 Å². The van der Waals surface area contributed by atoms with Gasteiger partial charge < -0.3 is 15.6 Å². The third-order valence-corrected chi connectivity index (χ3v) is 2.14. The maximum atomic E-state index is 8.91. The first kappa shape index (κ1) is 10.0. The van der Waals surface area contributed by atoms with Gasteiger partial charge in [-0.25, -0.2) is 0 Å². The Hall–Kier alpha value is -1.06. The average molecular weight is 181 g/mol. The molecule has 0 saturated heterocycles. The number of aliphatic hydroxyl groups is 1. The summed E-state index contributed by atoms with van der Waals surface area (Å²) < 4.78 is 5.14. The number of hydrogen-bond donors (Lipinski definition) is 2. The van der Waals surface area contributed by atoms with Crippen LogP contribution in [0, 0.1) is 6.92 Å². The van der Waals surface area contributed by atoms with Crippen molar-refractivity contribution in [2.75, 3.05) is 13.7 Å². The summed E-state index contributed by atoms with van der Waals surface area (Å²) in [7, 11) is 1.62. The molecule has 72 valence electrons. The van der Waals surface area contributed by atoms with Gasteiger partial charge in [0, 0.05) is 0 Å². The second kappa shape index (κ2) is 4.25. The Morgan fingerprint density at radius 1 is 1.54 bits per heavy atom. The van der Waals surface area contributed by atoms with E-state index in [1.54, 1.807) is 7.11 Å². The lowest BCUT2D eigenvalue weighted by Gasteiger charge is -2.14. The molecule has 0 saturated carbocycles. The lowest BCUT2D eigenvalue weighted by atomic mass is 10.0. The van der Waals surface area contributed by atoms with Crippen LogP contribution >= 0.6 is 0 Å². The topological polar surface area (TPSA) is 55.5 Å². The standard InChI is InChI=1S/C10H15NO2/c1-7-8(9(11)6-12)4-3-5-10(7)13-2/h3-5,9,12H,6,11H2,1-2H3/t9-/m0/s1. The molecule has 1 aromatic rings. The normalized spacial score (nSPS) is 12.6. The van der Waals surface area contributed by atoms with Crippen molar-refractivity contribution in [3.05, 3.63) is 29.3 Å². The van der Waals surface area contributed by atoms with E-state index in [0.717, 1.165) is 16.9 Å². The molecule has 0 aliphatic rings. The number of benzene rings is 1. The van der Waals surface area contributed by atoms with Gasteiger partial charge in [-0.3, -0.25) is 0 Å². The highest BCUT2D eigenvalue weighted by atomic mass is 16.5. The highest BCUT2D eigenvalue weighted by Crippen LogP contribution is 2.24. The fraction of sp³-hybridized carbons (Fsp3) is 0.400. The van der Waals surface area contributed by atoms with E-state index in [4.69, 9.17) is 15.6 Å². The van der Waals surface area contributed by atoms with Crippen molar-refractivity contribution in [3.8, 4) is 5.75 Å². The van der Waals surface area contributed by atoms with Crippen LogP contribution in [-0.4, -0.2) is 18.8 Å². The Labute approximate surface area is 78.1 Å². The maximum Gasteiger partial charge on any atom is 0.122 e. The first-order valence-corrected chi connectivity index (χ1v) is 4.20. The van der Waals surface area contributed by atoms with Crippen molar-refractivity contribution < 1.29 is 9.84 Å². The Morgan fingerprint density at radius 3 is 2.77 bits per heavy atom. The van der Waals surface area contributed by atoms with Gasteiger partial charge in [-0.1, -0.05) is 12.1 Å². The zero-order valence-corrected chi connectivity index (χ0v) is 7.95. The third-order valence-electron chi connectivity index (χ3n) is 2.14. The molecule has 0 aromatic heterocycles. The summed E-state index contributed by atoms with van der Waals surface area (Å²) >= 11 is 0. The van der Waals surface area contributed by atoms with E-state index in [9.17, 15) is 0 Å². The Kier molecular flexibility index (Phi) is 3.28. The Balaban J connectivity index is 3.08. The molecule has 3 heteroatoms. The molecule has 0 aliphatic heterocycles. The minimum absolute atomic E-state index is 0.0476. The third kappa shape index (κ3) is 1.99. The van der Waals surface area contributed by atoms with Gasteiger partial charge in [0.1, 0.15) is 5.75 Å². The Morgan fingerprint density at radius 2 is 2.23 bits per heavy atom. The molecule has 1 rings (SSSR count). The van der Waals surface area contributed by atoms with Crippen LogP contribution in [0.15, 0.2) is 18.2 Å². The molecule has 0 unspecified atom stereocenters. The summed E-state index contributed by atoms with van der Waals surface area (Å²) in [5.74, 6) is 0.807. The minimum Gasteiger partial charge on any atom is -0.496 e. The van der Waals surface area contributed by atoms with E-state index in [2.05, 4.69) is 0 Å². The van der Waals surface area contributed by atoms with Crippen LogP contribution in [0.1, 0.15) is 17.2 Å². The largest absolute Gasteiger partial charge is 0.496 e. The molecule has 0 radical (unpaired) electrons. The summed E-state index contributed by atoms with van der Waals surface area (Å²) in [6, 6.07) is 5.33. The number of methoxy groups -OCH3 is 1. The molecule has 3 nitrogen and oxygen atoms in total. The van der Waals surface area contributed by atoms with Crippen molar-refractivity contribution in [1.82, 2.24) is 0 Å². The fourth-order valence-electron chi connectivity index (χ4n) is 1.35. The number of nitrogens with two attached hydrogens (primary N) is 1. The highest BCUT2D eigenvalue weighted by Gasteiger charge is 2.09. The van der Waals surface area contributed by atoms with E-state index in [1.807, 2.05) is 25.1 Å². The molecule has 1 aromatic carbocycles. The average Bonchev–Trinajstić information content (AvgIpc) is 2.17. The minimum atomic E-state index is -0.324. The second-order valence-electron chi connectivity index (χ2n) is 2.96. The number of rotatable bonds is 3. The van der Waals surface area contributed by atoms with Crippen molar-refractivity contribution in [3.63, 3.8) is 0 Å². The number of hydrogen-bond acceptors (Lipinski definition) is 3. The van der Waals surface area contributed by atoms with Crippen LogP contribution in [0.2, 0.25) is 0 Å². The van der Waals surface area contributed by atoms with Gasteiger partial charge in [-0.05, 0) is 24.1 Å². The summed E-state index contributed by atoms with van der Waals surface area (Å²) in [6.07, 6.45) is 0. The maximum absolute atomic E-state index is 8.91. The van der Waals surface area contributed by atoms with Crippen LogP contribution in [0.4, 0.5) is 0 Å². The molecule has 0 bridgehead atoms. The van der Waals surface area contributed by atoms with E-state index in [-0.39, 0.29) is 12.6 Å². The van der Waals surface area contributed by atoms with Crippen molar-refractivity contribution in [2.45, 2.75) is 13.0 Å². The predicted molar refractivity (Wildman–Crippen MR) is 51.7 cm³/mol. The molecular formula is C10H15NO2. The summed E-state index contributed by atoms with van der Waals surface area (Å²) in [5.41, 5.74) is 7.64. The molecule has 0 amide bonds. The van der Waals surface area contributed by atoms with Gasteiger partial charge in [-0.15, -0.1) is 0 Å². The molecule has 1 atom stereocenters. The van der Waals surface area contributed by atoms with E-state index in [1.165, 1.54) is 0 Å². The molecule has 0 spiro atoms. The zero-order chi connectivity index (χ0) is 9.84. The van der Waals surface area contributed by atoms with Gasteiger partial charge in [-0.2, -0.15) is 0 Å². The highest BCUT2D eigenvalue weighted by molar-refractivity contribution is 5.40. The lowest BCUT2D eigenvalue weighted by Crippen LogP contribution is -2.15. The van der Waals surface area contributed by atoms with Gasteiger partial charge in [0.15, 0.2) is 0 Å². The van der Waals surface area contributed by atoms with Gasteiger partial charge in [0.05, 0.1) is 19.8 Å². The van der Waals surface area contributed by atoms with Crippen LogP contribution in [0.3, 0.4) is 0 Å². The van der Waals surface area contributed by atoms with E-state index in [0.29, 0.717) is 0 Å². The summed E-state index contributed by atoms with van der Waals surface area (Å²) in [5, 5.41) is 8.91. The second-order valence-corrected chi connectivity index (χ2v) is 2.96. The van der Waals surface area contributed by atoms with Crippen molar-refractivity contribution in [1.29, 1.82) is 0 Å². The first-order chi connectivity index (χ1) is 6.20. The molecule has 3 N–H and O–H groups in total. The fourth-order valence-corrected chi connectivity index (χ4v) is 1.35.